The largest absolute Gasteiger partial charge is 0.378 e. The van der Waals surface area contributed by atoms with Crippen LogP contribution in [0.3, 0.4) is 0 Å². The number of hydrazone groups is 1. The van der Waals surface area contributed by atoms with Gasteiger partial charge >= 0.3 is 0 Å². The van der Waals surface area contributed by atoms with E-state index >= 15 is 0 Å². The van der Waals surface area contributed by atoms with Crippen molar-refractivity contribution in [3.05, 3.63) is 92.8 Å². The summed E-state index contributed by atoms with van der Waals surface area (Å²) in [5.41, 5.74) is 6.14. The van der Waals surface area contributed by atoms with Crippen LogP contribution in [0.1, 0.15) is 16.0 Å². The minimum Gasteiger partial charge on any atom is -0.378 e. The number of nitrogens with zero attached hydrogens (tertiary/aromatic N) is 4. The molecule has 0 unspecified atom stereocenters. The highest BCUT2D eigenvalue weighted by Gasteiger charge is 2.23. The van der Waals surface area contributed by atoms with Crippen LogP contribution in [0.2, 0.25) is 0 Å². The first-order valence-electron chi connectivity index (χ1n) is 12.8. The molecule has 2 heterocycles. The summed E-state index contributed by atoms with van der Waals surface area (Å²) in [5.74, 6) is 0. The number of anilines is 3. The van der Waals surface area contributed by atoms with Crippen molar-refractivity contribution in [3.63, 3.8) is 0 Å². The predicted molar refractivity (Wildman–Crippen MR) is 172 cm³/mol. The number of hydrogen-bond donors (Lipinski definition) is 2. The zero-order valence-electron chi connectivity index (χ0n) is 22.8. The summed E-state index contributed by atoms with van der Waals surface area (Å²) in [6, 6.07) is 18.6. The molecule has 0 aliphatic carbocycles. The Bertz CT molecular complexity index is 1710. The third-order valence-electron chi connectivity index (χ3n) is 6.44. The topological polar surface area (TPSA) is 139 Å². The van der Waals surface area contributed by atoms with Gasteiger partial charge in [-0.25, -0.2) is 13.4 Å². The fourth-order valence-electron chi connectivity index (χ4n) is 4.32. The fourth-order valence-corrected chi connectivity index (χ4v) is 6.48. The van der Waals surface area contributed by atoms with Crippen LogP contribution in [-0.4, -0.2) is 50.8 Å². The number of benzene rings is 3. The third-order valence-corrected chi connectivity index (χ3v) is 8.85. The SMILES string of the molecule is Br.Cc1ccc(NS(=O)(=O)c2ccc(N/N=C/c3sc(N4CCOCC4)nc3-c3ccccc3)c([N+](=O)[O-])c2)c(C)c1. The van der Waals surface area contributed by atoms with E-state index in [4.69, 9.17) is 9.72 Å². The molecule has 1 aliphatic rings. The summed E-state index contributed by atoms with van der Waals surface area (Å²) in [4.78, 5) is 18.8. The standard InChI is InChI=1S/C28H28N6O5S2.BrH/c1-19-8-10-23(20(2)16-19)32-41(37,38)22-9-11-24(25(17-22)34(35)36)31-29-18-26-27(21-6-4-3-5-7-21)30-28(40-26)33-12-14-39-15-13-33;/h3-11,16-18,31-32H,12-15H2,1-2H3;1H/b29-18+;. The second-order valence-corrected chi connectivity index (χ2v) is 12.1. The number of morpholine rings is 1. The van der Waals surface area contributed by atoms with Gasteiger partial charge in [-0.2, -0.15) is 5.10 Å². The molecular formula is C28H29BrN6O5S2. The van der Waals surface area contributed by atoms with Gasteiger partial charge in [-0.15, -0.1) is 17.0 Å². The van der Waals surface area contributed by atoms with E-state index in [1.54, 1.807) is 25.3 Å². The Morgan fingerprint density at radius 1 is 1.05 bits per heavy atom. The van der Waals surface area contributed by atoms with E-state index in [1.165, 1.54) is 23.5 Å². The summed E-state index contributed by atoms with van der Waals surface area (Å²) in [6.07, 6.45) is 1.57. The maximum absolute atomic E-state index is 13.0. The molecule has 5 rings (SSSR count). The summed E-state index contributed by atoms with van der Waals surface area (Å²) in [5, 5.41) is 17.0. The Kier molecular flexibility index (Phi) is 9.93. The summed E-state index contributed by atoms with van der Waals surface area (Å²) < 4.78 is 34.0. The average Bonchev–Trinajstić information content (AvgIpc) is 3.39. The zero-order chi connectivity index (χ0) is 29.0. The lowest BCUT2D eigenvalue weighted by Crippen LogP contribution is -2.36. The molecule has 0 atom stereocenters. The molecule has 2 N–H and O–H groups in total. The highest BCUT2D eigenvalue weighted by atomic mass is 79.9. The van der Waals surface area contributed by atoms with Crippen LogP contribution in [0.5, 0.6) is 0 Å². The van der Waals surface area contributed by atoms with Crippen molar-refractivity contribution in [3.8, 4) is 11.3 Å². The third kappa shape index (κ3) is 7.13. The second-order valence-electron chi connectivity index (χ2n) is 9.40. The molecule has 1 fully saturated rings. The number of nitro groups is 1. The smallest absolute Gasteiger partial charge is 0.295 e. The van der Waals surface area contributed by atoms with E-state index < -0.39 is 20.6 Å². The first kappa shape index (κ1) is 31.1. The molecule has 1 aromatic heterocycles. The van der Waals surface area contributed by atoms with Crippen molar-refractivity contribution in [2.24, 2.45) is 5.10 Å². The van der Waals surface area contributed by atoms with Gasteiger partial charge in [0.1, 0.15) is 5.69 Å². The molecule has 1 saturated heterocycles. The molecule has 14 heteroatoms. The summed E-state index contributed by atoms with van der Waals surface area (Å²) in [7, 11) is -4.07. The minimum absolute atomic E-state index is 0. The molecule has 42 heavy (non-hydrogen) atoms. The molecule has 0 radical (unpaired) electrons. The van der Waals surface area contributed by atoms with Crippen LogP contribution in [0.15, 0.2) is 76.7 Å². The van der Waals surface area contributed by atoms with Crippen LogP contribution in [0, 0.1) is 24.0 Å². The minimum atomic E-state index is -4.07. The van der Waals surface area contributed by atoms with Crippen molar-refractivity contribution in [1.29, 1.82) is 0 Å². The molecule has 4 aromatic rings. The lowest BCUT2D eigenvalue weighted by Gasteiger charge is -2.26. The van der Waals surface area contributed by atoms with E-state index in [2.05, 4.69) is 20.1 Å². The number of aryl methyl sites for hydroxylation is 2. The van der Waals surface area contributed by atoms with Gasteiger partial charge in [-0.05, 0) is 37.6 Å². The van der Waals surface area contributed by atoms with Crippen LogP contribution >= 0.6 is 28.3 Å². The number of ether oxygens (including phenoxy) is 1. The number of hydrogen-bond acceptors (Lipinski definition) is 10. The predicted octanol–water partition coefficient (Wildman–Crippen LogP) is 6.00. The Morgan fingerprint density at radius 2 is 1.76 bits per heavy atom. The van der Waals surface area contributed by atoms with Gasteiger partial charge in [0.15, 0.2) is 5.13 Å². The molecule has 0 spiro atoms. The Morgan fingerprint density at radius 3 is 2.45 bits per heavy atom. The highest BCUT2D eigenvalue weighted by Crippen LogP contribution is 2.33. The molecule has 11 nitrogen and oxygen atoms in total. The number of aromatic nitrogens is 1. The first-order chi connectivity index (χ1) is 19.7. The second kappa shape index (κ2) is 13.4. The van der Waals surface area contributed by atoms with Crippen molar-refractivity contribution in [2.45, 2.75) is 18.7 Å². The quantitative estimate of drug-likeness (QED) is 0.125. The van der Waals surface area contributed by atoms with Crippen LogP contribution < -0.4 is 15.0 Å². The van der Waals surface area contributed by atoms with E-state index in [0.29, 0.717) is 18.9 Å². The van der Waals surface area contributed by atoms with Crippen molar-refractivity contribution >= 4 is 66.7 Å². The number of halogens is 1. The Balaban J connectivity index is 0.00000405. The number of nitro benzene ring substituents is 1. The lowest BCUT2D eigenvalue weighted by atomic mass is 10.1. The average molecular weight is 674 g/mol. The molecule has 0 saturated carbocycles. The molecule has 3 aromatic carbocycles. The van der Waals surface area contributed by atoms with Crippen LogP contribution in [-0.2, 0) is 14.8 Å². The van der Waals surface area contributed by atoms with Gasteiger partial charge in [-0.1, -0.05) is 59.4 Å². The van der Waals surface area contributed by atoms with E-state index in [1.807, 2.05) is 43.3 Å². The fraction of sp³-hybridized carbons (Fsp3) is 0.214. The van der Waals surface area contributed by atoms with E-state index in [0.717, 1.165) is 51.5 Å². The van der Waals surface area contributed by atoms with Crippen molar-refractivity contribution < 1.29 is 18.1 Å². The number of sulfonamides is 1. The monoisotopic (exact) mass is 672 g/mol. The maximum Gasteiger partial charge on any atom is 0.295 e. The summed E-state index contributed by atoms with van der Waals surface area (Å²) >= 11 is 1.46. The van der Waals surface area contributed by atoms with Gasteiger partial charge in [0.05, 0.1) is 45.5 Å². The Labute approximate surface area is 258 Å². The van der Waals surface area contributed by atoms with Gasteiger partial charge in [0.25, 0.3) is 15.7 Å². The van der Waals surface area contributed by atoms with Crippen LogP contribution in [0.25, 0.3) is 11.3 Å². The maximum atomic E-state index is 13.0. The van der Waals surface area contributed by atoms with Gasteiger partial charge in [0, 0.05) is 24.7 Å². The van der Waals surface area contributed by atoms with Gasteiger partial charge in [0.2, 0.25) is 0 Å². The highest BCUT2D eigenvalue weighted by molar-refractivity contribution is 8.93. The molecule has 0 amide bonds. The van der Waals surface area contributed by atoms with E-state index in [-0.39, 0.29) is 27.6 Å². The normalized spacial score (nSPS) is 13.5. The zero-order valence-corrected chi connectivity index (χ0v) is 26.2. The van der Waals surface area contributed by atoms with Crippen LogP contribution in [0.4, 0.5) is 22.2 Å². The van der Waals surface area contributed by atoms with E-state index in [9.17, 15) is 18.5 Å². The number of thiazole rings is 1. The van der Waals surface area contributed by atoms with Gasteiger partial charge in [-0.3, -0.25) is 20.3 Å². The molecule has 1 aliphatic heterocycles. The first-order valence-corrected chi connectivity index (χ1v) is 15.1. The summed E-state index contributed by atoms with van der Waals surface area (Å²) in [6.45, 7) is 6.41. The molecule has 0 bridgehead atoms. The lowest BCUT2D eigenvalue weighted by molar-refractivity contribution is -0.384. The molecular weight excluding hydrogens is 644 g/mol. The molecule has 220 valence electrons. The van der Waals surface area contributed by atoms with Crippen molar-refractivity contribution in [2.75, 3.05) is 41.4 Å². The van der Waals surface area contributed by atoms with Gasteiger partial charge < -0.3 is 9.64 Å². The van der Waals surface area contributed by atoms with Crippen molar-refractivity contribution in [1.82, 2.24) is 4.98 Å². The number of rotatable bonds is 9. The number of nitrogens with one attached hydrogen (secondary N) is 2. The Hall–Kier alpha value is -3.85.